The molecule has 0 aliphatic heterocycles. The smallest absolute Gasteiger partial charge is 0.238 e. The van der Waals surface area contributed by atoms with Gasteiger partial charge in [0.1, 0.15) is 5.01 Å². The van der Waals surface area contributed by atoms with Crippen LogP contribution in [-0.4, -0.2) is 24.5 Å². The lowest BCUT2D eigenvalue weighted by Gasteiger charge is -2.13. The first-order valence-corrected chi connectivity index (χ1v) is 18.1. The first-order chi connectivity index (χ1) is 25.8. The van der Waals surface area contributed by atoms with E-state index in [0.29, 0.717) is 17.6 Å². The summed E-state index contributed by atoms with van der Waals surface area (Å²) >= 11 is 1.68. The van der Waals surface area contributed by atoms with Crippen LogP contribution in [0.5, 0.6) is 0 Å². The lowest BCUT2D eigenvalue weighted by molar-refractivity contribution is 0.954. The third-order valence-electron chi connectivity index (χ3n) is 10.1. The van der Waals surface area contributed by atoms with Crippen LogP contribution in [0.3, 0.4) is 0 Å². The Morgan fingerprint density at radius 2 is 0.865 bits per heavy atom. The normalized spacial score (nSPS) is 11.8. The molecule has 0 unspecified atom stereocenters. The zero-order valence-electron chi connectivity index (χ0n) is 27.7. The topological polar surface area (TPSA) is 56.5 Å². The standard InChI is InChI=1S/C46H27N5S/c1-2-12-28(13-3-1)45-47-39-25-23-30(27-42(39)52-45)44-48-43(49-46(50-44)51-40-20-10-8-18-36(40)37-19-9-11-21-41(37)51)29-22-24-35-33-16-5-4-14-31(33)32-15-6-7-17-34(32)38(35)26-29/h1-27H. The minimum Gasteiger partial charge on any atom is -0.278 e. The van der Waals surface area contributed by atoms with Crippen LogP contribution in [0.2, 0.25) is 0 Å². The lowest BCUT2D eigenvalue weighted by atomic mass is 9.93. The first kappa shape index (κ1) is 29.0. The second kappa shape index (κ2) is 11.4. The van der Waals surface area contributed by atoms with E-state index in [1.165, 1.54) is 32.3 Å². The zero-order chi connectivity index (χ0) is 34.2. The summed E-state index contributed by atoms with van der Waals surface area (Å²) in [7, 11) is 0. The van der Waals surface area contributed by atoms with Crippen molar-refractivity contribution in [2.45, 2.75) is 0 Å². The van der Waals surface area contributed by atoms with Crippen molar-refractivity contribution in [2.24, 2.45) is 0 Å². The summed E-state index contributed by atoms with van der Waals surface area (Å²) in [6.45, 7) is 0. The first-order valence-electron chi connectivity index (χ1n) is 17.3. The summed E-state index contributed by atoms with van der Waals surface area (Å²) in [4.78, 5) is 20.6. The van der Waals surface area contributed by atoms with E-state index in [0.717, 1.165) is 53.7 Å². The SMILES string of the molecule is c1ccc(-c2nc3ccc(-c4nc(-c5ccc6c7ccccc7c7ccccc7c6c5)nc(-n5c6ccccc6c6ccccc65)n4)cc3s2)cc1. The minimum absolute atomic E-state index is 0.579. The summed E-state index contributed by atoms with van der Waals surface area (Å²) < 4.78 is 3.25. The van der Waals surface area contributed by atoms with Crippen LogP contribution in [0.4, 0.5) is 0 Å². The molecule has 5 nitrogen and oxygen atoms in total. The Balaban J connectivity index is 1.17. The van der Waals surface area contributed by atoms with E-state index in [9.17, 15) is 0 Å². The van der Waals surface area contributed by atoms with Gasteiger partial charge < -0.3 is 0 Å². The molecule has 11 rings (SSSR count). The molecule has 0 radical (unpaired) electrons. The molecule has 0 aliphatic rings. The number of aromatic nitrogens is 5. The molecule has 0 amide bonds. The Kier molecular flexibility index (Phi) is 6.35. The maximum Gasteiger partial charge on any atom is 0.238 e. The fourth-order valence-electron chi connectivity index (χ4n) is 7.68. The van der Waals surface area contributed by atoms with Crippen molar-refractivity contribution < 1.29 is 0 Å². The third kappa shape index (κ3) is 4.48. The van der Waals surface area contributed by atoms with Crippen LogP contribution in [0.25, 0.3) is 104 Å². The average Bonchev–Trinajstić information content (AvgIpc) is 3.80. The molecule has 0 spiro atoms. The van der Waals surface area contributed by atoms with Crippen molar-refractivity contribution in [1.82, 2.24) is 24.5 Å². The fourth-order valence-corrected chi connectivity index (χ4v) is 8.69. The van der Waals surface area contributed by atoms with E-state index >= 15 is 0 Å². The maximum atomic E-state index is 5.26. The molecular weight excluding hydrogens is 655 g/mol. The van der Waals surface area contributed by atoms with Crippen LogP contribution < -0.4 is 0 Å². The molecule has 8 aromatic carbocycles. The molecule has 0 bridgehead atoms. The maximum absolute atomic E-state index is 5.26. The molecule has 0 saturated carbocycles. The number of hydrogen-bond donors (Lipinski definition) is 0. The van der Waals surface area contributed by atoms with Gasteiger partial charge in [-0.25, -0.2) is 9.97 Å². The second-order valence-corrected chi connectivity index (χ2v) is 14.1. The van der Waals surface area contributed by atoms with Crippen LogP contribution in [0, 0.1) is 0 Å². The van der Waals surface area contributed by atoms with Gasteiger partial charge in [-0.1, -0.05) is 127 Å². The quantitative estimate of drug-likeness (QED) is 0.174. The van der Waals surface area contributed by atoms with Gasteiger partial charge in [0.15, 0.2) is 11.6 Å². The Labute approximate surface area is 302 Å². The third-order valence-corrected chi connectivity index (χ3v) is 11.1. The molecule has 0 fully saturated rings. The number of benzene rings is 8. The van der Waals surface area contributed by atoms with E-state index in [1.807, 2.05) is 18.2 Å². The summed E-state index contributed by atoms with van der Waals surface area (Å²) in [6.07, 6.45) is 0. The molecule has 0 saturated heterocycles. The van der Waals surface area contributed by atoms with Crippen molar-refractivity contribution >= 4 is 75.7 Å². The predicted octanol–water partition coefficient (Wildman–Crippen LogP) is 12.0. The Morgan fingerprint density at radius 3 is 1.50 bits per heavy atom. The number of thiazole rings is 1. The van der Waals surface area contributed by atoms with Crippen LogP contribution >= 0.6 is 11.3 Å². The minimum atomic E-state index is 0.579. The number of nitrogens with zero attached hydrogens (tertiary/aromatic N) is 5. The Hall–Kier alpha value is -6.76. The molecule has 0 atom stereocenters. The summed E-state index contributed by atoms with van der Waals surface area (Å²) in [5.74, 6) is 1.81. The zero-order valence-corrected chi connectivity index (χ0v) is 28.5. The van der Waals surface area contributed by atoms with E-state index in [1.54, 1.807) is 11.3 Å². The van der Waals surface area contributed by atoms with Gasteiger partial charge in [0.05, 0.1) is 21.3 Å². The van der Waals surface area contributed by atoms with Crippen molar-refractivity contribution in [3.05, 3.63) is 164 Å². The van der Waals surface area contributed by atoms with Gasteiger partial charge in [-0.3, -0.25) is 4.57 Å². The highest BCUT2D eigenvalue weighted by molar-refractivity contribution is 7.21. The highest BCUT2D eigenvalue weighted by Crippen LogP contribution is 2.38. The highest BCUT2D eigenvalue weighted by Gasteiger charge is 2.19. The molecule has 3 aromatic heterocycles. The van der Waals surface area contributed by atoms with E-state index in [2.05, 4.69) is 150 Å². The van der Waals surface area contributed by atoms with Crippen molar-refractivity contribution in [3.8, 4) is 39.3 Å². The van der Waals surface area contributed by atoms with Gasteiger partial charge in [-0.2, -0.15) is 9.97 Å². The van der Waals surface area contributed by atoms with Crippen LogP contribution in [0.1, 0.15) is 0 Å². The van der Waals surface area contributed by atoms with Crippen LogP contribution in [-0.2, 0) is 0 Å². The molecule has 0 aliphatic carbocycles. The Bertz CT molecular complexity index is 3110. The number of para-hydroxylation sites is 2. The average molecular weight is 682 g/mol. The number of rotatable bonds is 4. The van der Waals surface area contributed by atoms with Gasteiger partial charge in [0.2, 0.25) is 5.95 Å². The van der Waals surface area contributed by atoms with E-state index in [-0.39, 0.29) is 0 Å². The molecule has 242 valence electrons. The van der Waals surface area contributed by atoms with Gasteiger partial charge in [-0.05, 0) is 68.7 Å². The largest absolute Gasteiger partial charge is 0.278 e. The molecular formula is C46H27N5S. The number of hydrogen-bond acceptors (Lipinski definition) is 5. The molecule has 0 N–H and O–H groups in total. The van der Waals surface area contributed by atoms with E-state index < -0.39 is 0 Å². The molecule has 11 aromatic rings. The second-order valence-electron chi connectivity index (χ2n) is 13.1. The monoisotopic (exact) mass is 681 g/mol. The predicted molar refractivity (Wildman–Crippen MR) is 216 cm³/mol. The summed E-state index contributed by atoms with van der Waals surface area (Å²) in [6, 6.07) is 57.5. The van der Waals surface area contributed by atoms with Crippen molar-refractivity contribution in [3.63, 3.8) is 0 Å². The van der Waals surface area contributed by atoms with Crippen LogP contribution in [0.15, 0.2) is 164 Å². The highest BCUT2D eigenvalue weighted by atomic mass is 32.1. The summed E-state index contributed by atoms with van der Waals surface area (Å²) in [5.41, 5.74) is 6.01. The molecule has 3 heterocycles. The van der Waals surface area contributed by atoms with E-state index in [4.69, 9.17) is 19.9 Å². The number of fused-ring (bicyclic) bond motifs is 10. The van der Waals surface area contributed by atoms with Crippen molar-refractivity contribution in [2.75, 3.05) is 0 Å². The van der Waals surface area contributed by atoms with Crippen molar-refractivity contribution in [1.29, 1.82) is 0 Å². The molecule has 52 heavy (non-hydrogen) atoms. The Morgan fingerprint density at radius 1 is 0.365 bits per heavy atom. The van der Waals surface area contributed by atoms with Gasteiger partial charge in [0.25, 0.3) is 0 Å². The lowest BCUT2D eigenvalue weighted by Crippen LogP contribution is -2.06. The fraction of sp³-hybridized carbons (Fsp3) is 0. The summed E-state index contributed by atoms with van der Waals surface area (Å²) in [5, 5.41) is 10.6. The molecule has 6 heteroatoms. The van der Waals surface area contributed by atoms with Gasteiger partial charge >= 0.3 is 0 Å². The van der Waals surface area contributed by atoms with Gasteiger partial charge in [-0.15, -0.1) is 11.3 Å². The van der Waals surface area contributed by atoms with Gasteiger partial charge in [0, 0.05) is 27.5 Å².